The van der Waals surface area contributed by atoms with Gasteiger partial charge in [-0.1, -0.05) is 35.3 Å². The monoisotopic (exact) mass is 482 g/mol. The fourth-order valence-corrected chi connectivity index (χ4v) is 4.24. The number of carbonyl (C=O) groups is 3. The van der Waals surface area contributed by atoms with Crippen molar-refractivity contribution in [3.8, 4) is 0 Å². The van der Waals surface area contributed by atoms with Crippen LogP contribution in [0.2, 0.25) is 10.0 Å². The first-order valence-corrected chi connectivity index (χ1v) is 11.1. The molecule has 1 aromatic heterocycles. The molecule has 1 saturated heterocycles. The lowest BCUT2D eigenvalue weighted by molar-refractivity contribution is -0.119. The van der Waals surface area contributed by atoms with Gasteiger partial charge in [0, 0.05) is 39.6 Å². The highest BCUT2D eigenvalue weighted by Crippen LogP contribution is 2.25. The number of aromatic nitrogens is 1. The maximum Gasteiger partial charge on any atom is 0.256 e. The van der Waals surface area contributed by atoms with Gasteiger partial charge in [0.1, 0.15) is 11.9 Å². The summed E-state index contributed by atoms with van der Waals surface area (Å²) in [6.07, 6.45) is 2.81. The lowest BCUT2D eigenvalue weighted by Crippen LogP contribution is -2.43. The SMILES string of the molecule is O=C(Nc1ccccn1)c1cccc(NC(=O)C2CCCN2C(=O)c2cc(Cl)cc(Cl)c2)c1. The zero-order chi connectivity index (χ0) is 23.4. The number of anilines is 2. The number of benzene rings is 2. The first-order chi connectivity index (χ1) is 15.9. The van der Waals surface area contributed by atoms with E-state index in [0.29, 0.717) is 52.1 Å². The molecular weight excluding hydrogens is 463 g/mol. The van der Waals surface area contributed by atoms with Gasteiger partial charge in [0.2, 0.25) is 5.91 Å². The van der Waals surface area contributed by atoms with E-state index in [-0.39, 0.29) is 17.7 Å². The van der Waals surface area contributed by atoms with Crippen LogP contribution in [0.4, 0.5) is 11.5 Å². The largest absolute Gasteiger partial charge is 0.327 e. The van der Waals surface area contributed by atoms with Crippen molar-refractivity contribution in [1.82, 2.24) is 9.88 Å². The molecule has 1 atom stereocenters. The normalized spacial score (nSPS) is 15.2. The number of pyridine rings is 1. The van der Waals surface area contributed by atoms with Crippen molar-refractivity contribution in [2.24, 2.45) is 0 Å². The molecule has 3 aromatic rings. The Balaban J connectivity index is 1.45. The van der Waals surface area contributed by atoms with Crippen molar-refractivity contribution in [2.75, 3.05) is 17.2 Å². The molecule has 3 amide bonds. The van der Waals surface area contributed by atoms with Crippen LogP contribution in [0.1, 0.15) is 33.6 Å². The second kappa shape index (κ2) is 10.0. The van der Waals surface area contributed by atoms with Gasteiger partial charge in [-0.05, 0) is 61.4 Å². The molecule has 2 heterocycles. The Kier molecular flexibility index (Phi) is 6.91. The van der Waals surface area contributed by atoms with Crippen LogP contribution in [-0.2, 0) is 4.79 Å². The minimum atomic E-state index is -0.638. The highest BCUT2D eigenvalue weighted by atomic mass is 35.5. The summed E-state index contributed by atoms with van der Waals surface area (Å²) < 4.78 is 0. The number of rotatable bonds is 5. The van der Waals surface area contributed by atoms with Gasteiger partial charge in [0.15, 0.2) is 0 Å². The maximum atomic E-state index is 13.0. The van der Waals surface area contributed by atoms with Crippen LogP contribution in [0.5, 0.6) is 0 Å². The number of nitrogens with one attached hydrogen (secondary N) is 2. The van der Waals surface area contributed by atoms with Crippen LogP contribution in [-0.4, -0.2) is 40.2 Å². The van der Waals surface area contributed by atoms with Crippen molar-refractivity contribution in [3.63, 3.8) is 0 Å². The highest BCUT2D eigenvalue weighted by Gasteiger charge is 2.34. The summed E-state index contributed by atoms with van der Waals surface area (Å²) >= 11 is 12.1. The van der Waals surface area contributed by atoms with Crippen LogP contribution >= 0.6 is 23.2 Å². The molecular formula is C24H20Cl2N4O3. The molecule has 0 saturated carbocycles. The number of amides is 3. The smallest absolute Gasteiger partial charge is 0.256 e. The topological polar surface area (TPSA) is 91.4 Å². The van der Waals surface area contributed by atoms with E-state index in [9.17, 15) is 14.4 Å². The van der Waals surface area contributed by atoms with Gasteiger partial charge < -0.3 is 15.5 Å². The zero-order valence-corrected chi connectivity index (χ0v) is 18.9. The Morgan fingerprint density at radius 2 is 1.70 bits per heavy atom. The average Bonchev–Trinajstić information content (AvgIpc) is 3.29. The second-order valence-electron chi connectivity index (χ2n) is 7.55. The predicted molar refractivity (Wildman–Crippen MR) is 128 cm³/mol. The van der Waals surface area contributed by atoms with Crippen LogP contribution in [0.3, 0.4) is 0 Å². The molecule has 1 unspecified atom stereocenters. The Morgan fingerprint density at radius 3 is 2.42 bits per heavy atom. The van der Waals surface area contributed by atoms with Gasteiger partial charge in [0.25, 0.3) is 11.8 Å². The van der Waals surface area contributed by atoms with E-state index < -0.39 is 6.04 Å². The summed E-state index contributed by atoms with van der Waals surface area (Å²) in [6.45, 7) is 0.452. The fourth-order valence-electron chi connectivity index (χ4n) is 3.71. The first-order valence-electron chi connectivity index (χ1n) is 10.3. The van der Waals surface area contributed by atoms with Crippen molar-refractivity contribution in [1.29, 1.82) is 0 Å². The molecule has 2 aromatic carbocycles. The van der Waals surface area contributed by atoms with Crippen LogP contribution in [0, 0.1) is 0 Å². The number of hydrogen-bond acceptors (Lipinski definition) is 4. The van der Waals surface area contributed by atoms with Crippen molar-refractivity contribution in [3.05, 3.63) is 88.0 Å². The quantitative estimate of drug-likeness (QED) is 0.541. The molecule has 2 N–H and O–H groups in total. The summed E-state index contributed by atoms with van der Waals surface area (Å²) in [5.74, 6) is -0.546. The summed E-state index contributed by atoms with van der Waals surface area (Å²) in [6, 6.07) is 15.8. The maximum absolute atomic E-state index is 13.0. The number of hydrogen-bond donors (Lipinski definition) is 2. The van der Waals surface area contributed by atoms with E-state index in [1.807, 2.05) is 0 Å². The molecule has 0 spiro atoms. The van der Waals surface area contributed by atoms with Gasteiger partial charge >= 0.3 is 0 Å². The molecule has 1 aliphatic rings. The standard InChI is InChI=1S/C24H20Cl2N4O3/c25-17-11-16(12-18(26)14-17)24(33)30-10-4-7-20(30)23(32)28-19-6-3-5-15(13-19)22(31)29-21-8-1-2-9-27-21/h1-3,5-6,8-9,11-14,20H,4,7,10H2,(H,28,32)(H,27,29,31). The van der Waals surface area contributed by atoms with Gasteiger partial charge in [0.05, 0.1) is 0 Å². The number of carbonyl (C=O) groups excluding carboxylic acids is 3. The summed E-state index contributed by atoms with van der Waals surface area (Å²) in [5.41, 5.74) is 1.16. The molecule has 1 fully saturated rings. The van der Waals surface area contributed by atoms with Crippen LogP contribution in [0.15, 0.2) is 66.9 Å². The lowest BCUT2D eigenvalue weighted by atomic mass is 10.1. The van der Waals surface area contributed by atoms with E-state index in [0.717, 1.165) is 0 Å². The third-order valence-corrected chi connectivity index (χ3v) is 5.66. The van der Waals surface area contributed by atoms with E-state index in [2.05, 4.69) is 15.6 Å². The molecule has 7 nitrogen and oxygen atoms in total. The first kappa shape index (κ1) is 22.8. The van der Waals surface area contributed by atoms with Gasteiger partial charge in [-0.15, -0.1) is 0 Å². The van der Waals surface area contributed by atoms with Crippen molar-refractivity contribution >= 4 is 52.4 Å². The van der Waals surface area contributed by atoms with E-state index in [4.69, 9.17) is 23.2 Å². The minimum Gasteiger partial charge on any atom is -0.327 e. The molecule has 0 radical (unpaired) electrons. The molecule has 0 aliphatic carbocycles. The summed E-state index contributed by atoms with van der Waals surface area (Å²) in [5, 5.41) is 6.23. The highest BCUT2D eigenvalue weighted by molar-refractivity contribution is 6.35. The third-order valence-electron chi connectivity index (χ3n) is 5.22. The molecule has 0 bridgehead atoms. The van der Waals surface area contributed by atoms with Gasteiger partial charge in [-0.2, -0.15) is 0 Å². The van der Waals surface area contributed by atoms with Crippen molar-refractivity contribution in [2.45, 2.75) is 18.9 Å². The zero-order valence-electron chi connectivity index (χ0n) is 17.4. The predicted octanol–water partition coefficient (Wildman–Crippen LogP) is 4.88. The third kappa shape index (κ3) is 5.50. The minimum absolute atomic E-state index is 0.305. The Morgan fingerprint density at radius 1 is 0.909 bits per heavy atom. The van der Waals surface area contributed by atoms with E-state index in [1.165, 1.54) is 17.0 Å². The molecule has 4 rings (SSSR count). The Bertz CT molecular complexity index is 1180. The summed E-state index contributed by atoms with van der Waals surface area (Å²) in [4.78, 5) is 44.1. The van der Waals surface area contributed by atoms with Gasteiger partial charge in [-0.3, -0.25) is 14.4 Å². The Labute approximate surface area is 200 Å². The van der Waals surface area contributed by atoms with Crippen molar-refractivity contribution < 1.29 is 14.4 Å². The number of halogens is 2. The van der Waals surface area contributed by atoms with Crippen LogP contribution in [0.25, 0.3) is 0 Å². The fraction of sp³-hybridized carbons (Fsp3) is 0.167. The molecule has 9 heteroatoms. The van der Waals surface area contributed by atoms with Gasteiger partial charge in [-0.25, -0.2) is 4.98 Å². The summed E-state index contributed by atoms with van der Waals surface area (Å²) in [7, 11) is 0. The van der Waals surface area contributed by atoms with E-state index >= 15 is 0 Å². The average molecular weight is 483 g/mol. The Hall–Kier alpha value is -3.42. The number of nitrogens with zero attached hydrogens (tertiary/aromatic N) is 2. The number of likely N-dealkylation sites (tertiary alicyclic amines) is 1. The second-order valence-corrected chi connectivity index (χ2v) is 8.43. The van der Waals surface area contributed by atoms with E-state index in [1.54, 1.807) is 54.7 Å². The molecule has 168 valence electrons. The molecule has 33 heavy (non-hydrogen) atoms. The lowest BCUT2D eigenvalue weighted by Gasteiger charge is -2.24. The van der Waals surface area contributed by atoms with Crippen LogP contribution < -0.4 is 10.6 Å². The molecule has 1 aliphatic heterocycles.